The van der Waals surface area contributed by atoms with Gasteiger partial charge in [0, 0.05) is 53.6 Å². The molecule has 0 amide bonds. The molecule has 8 aromatic rings. The Kier molecular flexibility index (Phi) is 5.54. The van der Waals surface area contributed by atoms with Crippen molar-refractivity contribution in [2.75, 3.05) is 4.90 Å². The number of hydrogen-bond donors (Lipinski definition) is 0. The van der Waals surface area contributed by atoms with Crippen LogP contribution in [0.15, 0.2) is 156 Å². The smallest absolute Gasteiger partial charge is 0.143 e. The van der Waals surface area contributed by atoms with Gasteiger partial charge in [0.25, 0.3) is 0 Å². The van der Waals surface area contributed by atoms with E-state index in [0.29, 0.717) is 0 Å². The molecular formula is C43H27NOS. The van der Waals surface area contributed by atoms with Crippen LogP contribution in [0.25, 0.3) is 59.5 Å². The van der Waals surface area contributed by atoms with Crippen molar-refractivity contribution in [1.29, 1.82) is 0 Å². The van der Waals surface area contributed by atoms with Crippen molar-refractivity contribution in [3.05, 3.63) is 174 Å². The number of thiophene rings is 1. The molecule has 0 saturated carbocycles. The molecule has 2 aromatic heterocycles. The highest BCUT2D eigenvalue weighted by Crippen LogP contribution is 2.50. The van der Waals surface area contributed by atoms with Crippen molar-refractivity contribution in [3.8, 4) is 11.1 Å². The van der Waals surface area contributed by atoms with E-state index in [-0.39, 0.29) is 6.04 Å². The lowest BCUT2D eigenvalue weighted by atomic mass is 9.88. The molecule has 2 bridgehead atoms. The fraction of sp³-hybridized carbons (Fsp3) is 0.0233. The van der Waals surface area contributed by atoms with Crippen molar-refractivity contribution < 1.29 is 4.42 Å². The van der Waals surface area contributed by atoms with Gasteiger partial charge in [-0.2, -0.15) is 0 Å². The lowest BCUT2D eigenvalue weighted by molar-refractivity contribution is 0.599. The standard InChI is InChI=1S/C43H27NOS/c1-2-10-27(11-3-1)28-18-21-30(22-19-28)44-38-15-7-4-12-31(38)37-26-39(44)34(25-36-32-13-5-8-16-40(32)45-43(36)37)29-20-23-42-35(24-29)33-14-6-9-17-41(33)46-42/h1-26,39H. The van der Waals surface area contributed by atoms with Gasteiger partial charge in [0.1, 0.15) is 11.3 Å². The van der Waals surface area contributed by atoms with Crippen molar-refractivity contribution in [3.63, 3.8) is 0 Å². The second-order valence-electron chi connectivity index (χ2n) is 12.1. The zero-order valence-electron chi connectivity index (χ0n) is 24.9. The Bertz CT molecular complexity index is 2530. The fourth-order valence-electron chi connectivity index (χ4n) is 7.36. The maximum absolute atomic E-state index is 6.69. The van der Waals surface area contributed by atoms with Crippen LogP contribution in [0.3, 0.4) is 0 Å². The number of nitrogens with zero attached hydrogens (tertiary/aromatic N) is 1. The van der Waals surface area contributed by atoms with Crippen LogP contribution in [0, 0.1) is 0 Å². The molecule has 46 heavy (non-hydrogen) atoms. The number of benzene rings is 6. The summed E-state index contributed by atoms with van der Waals surface area (Å²) in [6, 6.07) is 52.5. The fourth-order valence-corrected chi connectivity index (χ4v) is 8.45. The van der Waals surface area contributed by atoms with Crippen LogP contribution in [0.4, 0.5) is 11.4 Å². The van der Waals surface area contributed by atoms with E-state index in [1.165, 1.54) is 53.7 Å². The largest absolute Gasteiger partial charge is 0.455 e. The molecule has 10 rings (SSSR count). The summed E-state index contributed by atoms with van der Waals surface area (Å²) in [6.07, 6.45) is 4.81. The number of anilines is 2. The number of rotatable bonds is 3. The van der Waals surface area contributed by atoms with Crippen molar-refractivity contribution in [1.82, 2.24) is 0 Å². The van der Waals surface area contributed by atoms with Crippen LogP contribution < -0.4 is 4.90 Å². The molecule has 2 nitrogen and oxygen atoms in total. The van der Waals surface area contributed by atoms with Gasteiger partial charge in [-0.25, -0.2) is 0 Å². The monoisotopic (exact) mass is 605 g/mol. The number of furan rings is 1. The Morgan fingerprint density at radius 1 is 0.565 bits per heavy atom. The van der Waals surface area contributed by atoms with Gasteiger partial charge >= 0.3 is 0 Å². The second kappa shape index (κ2) is 9.93. The second-order valence-corrected chi connectivity index (χ2v) is 13.2. The van der Waals surface area contributed by atoms with Crippen molar-refractivity contribution >= 4 is 71.1 Å². The highest BCUT2D eigenvalue weighted by atomic mass is 32.1. The highest BCUT2D eigenvalue weighted by molar-refractivity contribution is 7.25. The molecule has 3 heterocycles. The Labute approximate surface area is 270 Å². The van der Waals surface area contributed by atoms with Crippen molar-refractivity contribution in [2.24, 2.45) is 0 Å². The number of para-hydroxylation sites is 2. The van der Waals surface area contributed by atoms with E-state index in [2.05, 4.69) is 163 Å². The predicted octanol–water partition coefficient (Wildman–Crippen LogP) is 12.0. The Balaban J connectivity index is 1.23. The summed E-state index contributed by atoms with van der Waals surface area (Å²) in [6.45, 7) is 0. The van der Waals surface area contributed by atoms with E-state index in [0.717, 1.165) is 33.6 Å². The molecule has 216 valence electrons. The van der Waals surface area contributed by atoms with E-state index in [9.17, 15) is 0 Å². The van der Waals surface area contributed by atoms with Crippen LogP contribution in [0.2, 0.25) is 0 Å². The first-order chi connectivity index (χ1) is 22.8. The van der Waals surface area contributed by atoms with Gasteiger partial charge in [0.2, 0.25) is 0 Å². The van der Waals surface area contributed by atoms with Gasteiger partial charge in [-0.1, -0.05) is 103 Å². The average Bonchev–Trinajstić information content (AvgIpc) is 3.64. The van der Waals surface area contributed by atoms with Crippen LogP contribution in [0.1, 0.15) is 22.5 Å². The lowest BCUT2D eigenvalue weighted by Crippen LogP contribution is -2.33. The molecule has 1 aliphatic heterocycles. The van der Waals surface area contributed by atoms with Crippen LogP contribution in [-0.2, 0) is 0 Å². The molecule has 6 aromatic carbocycles. The van der Waals surface area contributed by atoms with Crippen molar-refractivity contribution in [2.45, 2.75) is 6.04 Å². The average molecular weight is 606 g/mol. The Morgan fingerprint density at radius 3 is 2.15 bits per heavy atom. The first kappa shape index (κ1) is 25.7. The first-order valence-corrected chi connectivity index (χ1v) is 16.5. The third-order valence-electron chi connectivity index (χ3n) is 9.52. The third kappa shape index (κ3) is 3.82. The van der Waals surface area contributed by atoms with E-state index >= 15 is 0 Å². The van der Waals surface area contributed by atoms with Gasteiger partial charge in [-0.05, 0) is 76.9 Å². The molecule has 1 atom stereocenters. The van der Waals surface area contributed by atoms with Crippen LogP contribution in [-0.4, -0.2) is 6.04 Å². The summed E-state index contributed by atoms with van der Waals surface area (Å²) in [5, 5.41) is 3.76. The molecule has 0 radical (unpaired) electrons. The third-order valence-corrected chi connectivity index (χ3v) is 10.7. The number of hydrogen-bond acceptors (Lipinski definition) is 3. The molecular weight excluding hydrogens is 579 g/mol. The summed E-state index contributed by atoms with van der Waals surface area (Å²) < 4.78 is 9.32. The summed E-state index contributed by atoms with van der Waals surface area (Å²) >= 11 is 1.86. The number of fused-ring (bicyclic) bond motifs is 10. The molecule has 1 aliphatic carbocycles. The SMILES string of the molecule is C1=C2c3ccccc3N(c3ccc(-c4ccccc4)cc3)C1C(c1ccc3sc4ccccc4c3c1)=Cc1c2oc2ccccc12. The predicted molar refractivity (Wildman–Crippen MR) is 195 cm³/mol. The zero-order valence-corrected chi connectivity index (χ0v) is 25.7. The van der Waals surface area contributed by atoms with Crippen LogP contribution in [0.5, 0.6) is 0 Å². The topological polar surface area (TPSA) is 16.4 Å². The van der Waals surface area contributed by atoms with E-state index in [4.69, 9.17) is 4.42 Å². The van der Waals surface area contributed by atoms with E-state index in [1.54, 1.807) is 0 Å². The maximum Gasteiger partial charge on any atom is 0.143 e. The molecule has 0 N–H and O–H groups in total. The molecule has 0 spiro atoms. The summed E-state index contributed by atoms with van der Waals surface area (Å²) in [5.41, 5.74) is 11.6. The minimum absolute atomic E-state index is 0.0452. The highest BCUT2D eigenvalue weighted by Gasteiger charge is 2.36. The van der Waals surface area contributed by atoms with Gasteiger partial charge in [-0.3, -0.25) is 0 Å². The Morgan fingerprint density at radius 2 is 1.26 bits per heavy atom. The minimum atomic E-state index is -0.0452. The van der Waals surface area contributed by atoms with Gasteiger partial charge in [-0.15, -0.1) is 11.3 Å². The quantitative estimate of drug-likeness (QED) is 0.199. The zero-order chi connectivity index (χ0) is 30.2. The van der Waals surface area contributed by atoms with E-state index in [1.807, 2.05) is 11.3 Å². The van der Waals surface area contributed by atoms with Gasteiger partial charge in [0.05, 0.1) is 6.04 Å². The molecule has 2 aliphatic rings. The van der Waals surface area contributed by atoms with Gasteiger partial charge in [0.15, 0.2) is 0 Å². The normalized spacial score (nSPS) is 15.4. The molecule has 1 unspecified atom stereocenters. The minimum Gasteiger partial charge on any atom is -0.455 e. The lowest BCUT2D eigenvalue weighted by Gasteiger charge is -2.38. The summed E-state index contributed by atoms with van der Waals surface area (Å²) in [7, 11) is 0. The Hall–Kier alpha value is -5.64. The van der Waals surface area contributed by atoms with Crippen LogP contribution >= 0.6 is 11.3 Å². The molecule has 0 fully saturated rings. The van der Waals surface area contributed by atoms with Gasteiger partial charge < -0.3 is 9.32 Å². The summed E-state index contributed by atoms with van der Waals surface area (Å²) in [4.78, 5) is 2.50. The summed E-state index contributed by atoms with van der Waals surface area (Å²) in [5.74, 6) is 0.940. The molecule has 0 saturated heterocycles. The first-order valence-electron chi connectivity index (χ1n) is 15.7. The van der Waals surface area contributed by atoms with E-state index < -0.39 is 0 Å². The maximum atomic E-state index is 6.69. The molecule has 3 heteroatoms.